The highest BCUT2D eigenvalue weighted by molar-refractivity contribution is 7.99. The fraction of sp³-hybridized carbons (Fsp3) is 0.526. The summed E-state index contributed by atoms with van der Waals surface area (Å²) in [5, 5.41) is 11.4. The van der Waals surface area contributed by atoms with E-state index in [-0.39, 0.29) is 24.4 Å². The zero-order valence-electron chi connectivity index (χ0n) is 16.9. The van der Waals surface area contributed by atoms with Crippen LogP contribution in [-0.4, -0.2) is 45.8 Å². The minimum absolute atomic E-state index is 0.0779. The Bertz CT molecular complexity index is 759. The molecule has 0 unspecified atom stereocenters. The average molecular weight is 408 g/mol. The van der Waals surface area contributed by atoms with E-state index in [2.05, 4.69) is 15.5 Å². The molecule has 0 aliphatic carbocycles. The van der Waals surface area contributed by atoms with Crippen LogP contribution in [0.5, 0.6) is 5.75 Å². The second kappa shape index (κ2) is 10.9. The predicted octanol–water partition coefficient (Wildman–Crippen LogP) is 2.21. The first kappa shape index (κ1) is 22.0. The van der Waals surface area contributed by atoms with Crippen molar-refractivity contribution in [1.29, 1.82) is 0 Å². The number of aryl methyl sites for hydroxylation is 2. The highest BCUT2D eigenvalue weighted by Crippen LogP contribution is 2.23. The van der Waals surface area contributed by atoms with E-state index in [1.54, 1.807) is 0 Å². The van der Waals surface area contributed by atoms with Crippen molar-refractivity contribution in [3.05, 3.63) is 35.2 Å². The number of carbonyl (C=O) groups is 1. The Morgan fingerprint density at radius 2 is 2.00 bits per heavy atom. The molecule has 0 saturated carbocycles. The van der Waals surface area contributed by atoms with E-state index in [9.17, 15) is 4.79 Å². The molecule has 0 radical (unpaired) electrons. The Labute approximate surface area is 170 Å². The van der Waals surface area contributed by atoms with Crippen LogP contribution in [0.25, 0.3) is 0 Å². The number of hydrogen-bond acceptors (Lipinski definition) is 7. The molecule has 28 heavy (non-hydrogen) atoms. The lowest BCUT2D eigenvalue weighted by Crippen LogP contribution is -2.27. The highest BCUT2D eigenvalue weighted by atomic mass is 32.2. The predicted molar refractivity (Wildman–Crippen MR) is 110 cm³/mol. The summed E-state index contributed by atoms with van der Waals surface area (Å²) in [5.74, 6) is 7.50. The van der Waals surface area contributed by atoms with Gasteiger partial charge in [-0.2, -0.15) is 0 Å². The molecular formula is C19H29N5O3S. The van der Waals surface area contributed by atoms with Crippen molar-refractivity contribution >= 4 is 17.7 Å². The Balaban J connectivity index is 1.77. The summed E-state index contributed by atoms with van der Waals surface area (Å²) in [4.78, 5) is 11.9. The fourth-order valence-corrected chi connectivity index (χ4v) is 3.17. The van der Waals surface area contributed by atoms with Gasteiger partial charge in [0.25, 0.3) is 0 Å². The van der Waals surface area contributed by atoms with E-state index >= 15 is 0 Å². The molecule has 1 aromatic heterocycles. The number of rotatable bonds is 11. The van der Waals surface area contributed by atoms with E-state index < -0.39 is 0 Å². The molecule has 0 aliphatic heterocycles. The van der Waals surface area contributed by atoms with E-state index in [1.165, 1.54) is 16.4 Å². The molecule has 1 amide bonds. The van der Waals surface area contributed by atoms with Crippen LogP contribution in [0.15, 0.2) is 23.4 Å². The van der Waals surface area contributed by atoms with Gasteiger partial charge >= 0.3 is 0 Å². The monoisotopic (exact) mass is 407 g/mol. The molecule has 2 aromatic rings. The van der Waals surface area contributed by atoms with Crippen LogP contribution >= 0.6 is 11.8 Å². The number of carbonyl (C=O) groups excluding carboxylic acids is 1. The van der Waals surface area contributed by atoms with Gasteiger partial charge in [-0.1, -0.05) is 30.0 Å². The van der Waals surface area contributed by atoms with E-state index in [0.717, 1.165) is 23.3 Å². The fourth-order valence-electron chi connectivity index (χ4n) is 2.47. The third kappa shape index (κ3) is 6.72. The highest BCUT2D eigenvalue weighted by Gasteiger charge is 2.13. The van der Waals surface area contributed by atoms with Crippen LogP contribution in [0.1, 0.15) is 37.2 Å². The molecule has 0 fully saturated rings. The number of hydrogen-bond donors (Lipinski definition) is 2. The summed E-state index contributed by atoms with van der Waals surface area (Å²) in [6, 6.07) is 5.97. The Kier molecular flexibility index (Phi) is 8.59. The number of amides is 1. The number of thioether (sulfide) groups is 1. The molecule has 8 nitrogen and oxygen atoms in total. The maximum absolute atomic E-state index is 11.9. The largest absolute Gasteiger partial charge is 0.485 e. The Morgan fingerprint density at radius 1 is 1.29 bits per heavy atom. The molecule has 0 atom stereocenters. The number of ether oxygens (including phenoxy) is 2. The van der Waals surface area contributed by atoms with Gasteiger partial charge in [-0.15, -0.1) is 10.2 Å². The lowest BCUT2D eigenvalue weighted by molar-refractivity contribution is -0.118. The van der Waals surface area contributed by atoms with Crippen molar-refractivity contribution in [1.82, 2.24) is 20.2 Å². The van der Waals surface area contributed by atoms with Gasteiger partial charge in [0, 0.05) is 13.2 Å². The molecule has 0 bridgehead atoms. The van der Waals surface area contributed by atoms with E-state index in [0.29, 0.717) is 24.1 Å². The first-order valence-corrected chi connectivity index (χ1v) is 10.3. The molecular weight excluding hydrogens is 378 g/mol. The summed E-state index contributed by atoms with van der Waals surface area (Å²) in [5.41, 5.74) is 2.10. The number of nitrogens with one attached hydrogen (secondary N) is 1. The molecule has 1 heterocycles. The van der Waals surface area contributed by atoms with E-state index in [4.69, 9.17) is 15.3 Å². The van der Waals surface area contributed by atoms with Gasteiger partial charge < -0.3 is 20.6 Å². The van der Waals surface area contributed by atoms with Crippen LogP contribution in [0.3, 0.4) is 0 Å². The number of aromatic nitrogens is 3. The SMILES string of the molecule is Cc1cccc(C)c1OCc1nnc(SCC(=O)NCCCOC(C)C)n1N. The average Bonchev–Trinajstić information content (AvgIpc) is 2.99. The molecule has 9 heteroatoms. The molecule has 154 valence electrons. The normalized spacial score (nSPS) is 11.0. The van der Waals surface area contributed by atoms with Gasteiger partial charge in [0.15, 0.2) is 5.82 Å². The maximum atomic E-state index is 11.9. The number of nitrogens with two attached hydrogens (primary N) is 1. The zero-order chi connectivity index (χ0) is 20.5. The summed E-state index contributed by atoms with van der Waals surface area (Å²) in [6.07, 6.45) is 0.983. The smallest absolute Gasteiger partial charge is 0.230 e. The van der Waals surface area contributed by atoms with E-state index in [1.807, 2.05) is 45.9 Å². The lowest BCUT2D eigenvalue weighted by atomic mass is 10.1. The van der Waals surface area contributed by atoms with Crippen molar-refractivity contribution in [2.75, 3.05) is 24.7 Å². The molecule has 1 aromatic carbocycles. The van der Waals surface area contributed by atoms with Gasteiger partial charge in [-0.25, -0.2) is 4.68 Å². The number of nitrogen functional groups attached to an aromatic ring is 1. The van der Waals surface area contributed by atoms with Crippen molar-refractivity contribution in [2.45, 2.75) is 52.0 Å². The van der Waals surface area contributed by atoms with Gasteiger partial charge in [-0.05, 0) is 45.2 Å². The molecule has 0 aliphatic rings. The van der Waals surface area contributed by atoms with Gasteiger partial charge in [0.1, 0.15) is 12.4 Å². The van der Waals surface area contributed by atoms with Crippen LogP contribution in [-0.2, 0) is 16.1 Å². The first-order valence-electron chi connectivity index (χ1n) is 9.28. The topological polar surface area (TPSA) is 104 Å². The Morgan fingerprint density at radius 3 is 2.68 bits per heavy atom. The number of para-hydroxylation sites is 1. The quantitative estimate of drug-likeness (QED) is 0.334. The van der Waals surface area contributed by atoms with Crippen molar-refractivity contribution in [3.63, 3.8) is 0 Å². The van der Waals surface area contributed by atoms with Crippen LogP contribution < -0.4 is 15.9 Å². The Hall–Kier alpha value is -2.26. The zero-order valence-corrected chi connectivity index (χ0v) is 17.7. The molecule has 0 spiro atoms. The minimum Gasteiger partial charge on any atom is -0.485 e. The van der Waals surface area contributed by atoms with Crippen LogP contribution in [0.4, 0.5) is 0 Å². The van der Waals surface area contributed by atoms with Crippen LogP contribution in [0.2, 0.25) is 0 Å². The third-order valence-corrected chi connectivity index (χ3v) is 4.86. The first-order chi connectivity index (χ1) is 13.4. The second-order valence-corrected chi connectivity index (χ2v) is 7.63. The van der Waals surface area contributed by atoms with Gasteiger partial charge in [0.05, 0.1) is 11.9 Å². The van der Waals surface area contributed by atoms with Gasteiger partial charge in [0.2, 0.25) is 11.1 Å². The molecule has 0 saturated heterocycles. The number of nitrogens with zero attached hydrogens (tertiary/aromatic N) is 3. The van der Waals surface area contributed by atoms with Crippen LogP contribution in [0, 0.1) is 13.8 Å². The summed E-state index contributed by atoms with van der Waals surface area (Å²) in [7, 11) is 0. The summed E-state index contributed by atoms with van der Waals surface area (Å²) in [6.45, 7) is 9.37. The van der Waals surface area contributed by atoms with Crippen molar-refractivity contribution in [2.24, 2.45) is 0 Å². The number of benzene rings is 1. The molecule has 2 rings (SSSR count). The lowest BCUT2D eigenvalue weighted by Gasteiger charge is -2.11. The molecule has 3 N–H and O–H groups in total. The second-order valence-electron chi connectivity index (χ2n) is 6.69. The summed E-state index contributed by atoms with van der Waals surface area (Å²) < 4.78 is 12.7. The standard InChI is InChI=1S/C19H29N5O3S/c1-13(2)26-10-6-9-21-17(25)12-28-19-23-22-16(24(19)20)11-27-18-14(3)7-5-8-15(18)4/h5,7-8,13H,6,9-12,20H2,1-4H3,(H,21,25). The van der Waals surface area contributed by atoms with Crippen molar-refractivity contribution < 1.29 is 14.3 Å². The van der Waals surface area contributed by atoms with Crippen molar-refractivity contribution in [3.8, 4) is 5.75 Å². The maximum Gasteiger partial charge on any atom is 0.230 e. The summed E-state index contributed by atoms with van der Waals surface area (Å²) >= 11 is 1.24. The van der Waals surface area contributed by atoms with Gasteiger partial charge in [-0.3, -0.25) is 4.79 Å². The minimum atomic E-state index is -0.0779. The third-order valence-electron chi connectivity index (χ3n) is 3.92.